The molecule has 3 heterocycles. The summed E-state index contributed by atoms with van der Waals surface area (Å²) in [5.41, 5.74) is 7.49. The highest BCUT2D eigenvalue weighted by Crippen LogP contribution is 2.22. The van der Waals surface area contributed by atoms with Crippen molar-refractivity contribution in [1.82, 2.24) is 19.8 Å². The SMILES string of the molecule is COC[C@H]1C(=O)N(Cc2ccc3c(N)ncnc3c2)CCN1C(=O)Nc1ccc(Cl)o1. The van der Waals surface area contributed by atoms with E-state index in [1.165, 1.54) is 24.4 Å². The van der Waals surface area contributed by atoms with E-state index in [0.717, 1.165) is 10.9 Å². The Morgan fingerprint density at radius 1 is 1.32 bits per heavy atom. The van der Waals surface area contributed by atoms with E-state index in [-0.39, 0.29) is 23.6 Å². The maximum Gasteiger partial charge on any atom is 0.325 e. The van der Waals surface area contributed by atoms with E-state index in [1.807, 2.05) is 18.2 Å². The number of urea groups is 1. The molecule has 31 heavy (non-hydrogen) atoms. The maximum absolute atomic E-state index is 13.1. The van der Waals surface area contributed by atoms with Crippen molar-refractivity contribution in [1.29, 1.82) is 0 Å². The first kappa shape index (κ1) is 20.9. The molecule has 1 fully saturated rings. The van der Waals surface area contributed by atoms with E-state index < -0.39 is 12.1 Å². The Kier molecular flexibility index (Phi) is 5.92. The number of fused-ring (bicyclic) bond motifs is 1. The van der Waals surface area contributed by atoms with Gasteiger partial charge in [0, 0.05) is 38.2 Å². The molecule has 2 aromatic heterocycles. The number of halogens is 1. The van der Waals surface area contributed by atoms with Crippen LogP contribution in [0.15, 0.2) is 41.1 Å². The minimum absolute atomic E-state index is 0.0726. The van der Waals surface area contributed by atoms with Gasteiger partial charge in [-0.05, 0) is 35.4 Å². The van der Waals surface area contributed by atoms with Crippen molar-refractivity contribution < 1.29 is 18.7 Å². The minimum Gasteiger partial charge on any atom is -0.429 e. The number of nitrogens with zero attached hydrogens (tertiary/aromatic N) is 4. The van der Waals surface area contributed by atoms with E-state index in [2.05, 4.69) is 15.3 Å². The van der Waals surface area contributed by atoms with Crippen molar-refractivity contribution in [3.05, 3.63) is 47.4 Å². The summed E-state index contributed by atoms with van der Waals surface area (Å²) in [5, 5.41) is 3.53. The predicted octanol–water partition coefficient (Wildman–Crippen LogP) is 2.35. The molecule has 3 N–H and O–H groups in total. The number of rotatable bonds is 5. The van der Waals surface area contributed by atoms with Gasteiger partial charge in [0.15, 0.2) is 5.22 Å². The standard InChI is InChI=1S/C20H21ClN6O4/c1-30-10-15-19(28)26(6-7-27(15)20(29)25-17-5-4-16(21)31-17)9-12-2-3-13-14(8-12)23-11-24-18(13)22/h2-5,8,11,15H,6-7,9-10H2,1H3,(H,25,29)(H2,22,23,24)/t15-/m0/s1. The van der Waals surface area contributed by atoms with Gasteiger partial charge in [-0.1, -0.05) is 6.07 Å². The number of hydrogen-bond donors (Lipinski definition) is 2. The molecule has 1 aromatic carbocycles. The summed E-state index contributed by atoms with van der Waals surface area (Å²) in [7, 11) is 1.49. The van der Waals surface area contributed by atoms with E-state index in [0.29, 0.717) is 31.0 Å². The van der Waals surface area contributed by atoms with Crippen LogP contribution in [0.3, 0.4) is 0 Å². The van der Waals surface area contributed by atoms with E-state index in [9.17, 15) is 9.59 Å². The second-order valence-corrected chi connectivity index (χ2v) is 7.44. The van der Waals surface area contributed by atoms with Gasteiger partial charge in [-0.25, -0.2) is 14.8 Å². The third-order valence-corrected chi connectivity index (χ3v) is 5.28. The van der Waals surface area contributed by atoms with Crippen LogP contribution in [-0.4, -0.2) is 64.6 Å². The molecule has 1 aliphatic heterocycles. The first-order valence-corrected chi connectivity index (χ1v) is 9.94. The van der Waals surface area contributed by atoms with E-state index in [4.69, 9.17) is 26.5 Å². The summed E-state index contributed by atoms with van der Waals surface area (Å²) in [4.78, 5) is 37.2. The van der Waals surface area contributed by atoms with Gasteiger partial charge >= 0.3 is 6.03 Å². The van der Waals surface area contributed by atoms with Crippen molar-refractivity contribution in [3.8, 4) is 0 Å². The zero-order valence-electron chi connectivity index (χ0n) is 16.7. The second kappa shape index (κ2) is 8.78. The first-order chi connectivity index (χ1) is 15.0. The minimum atomic E-state index is -0.761. The van der Waals surface area contributed by atoms with Gasteiger partial charge in [0.05, 0.1) is 12.1 Å². The van der Waals surface area contributed by atoms with Gasteiger partial charge in [0.2, 0.25) is 11.8 Å². The molecule has 0 unspecified atom stereocenters. The van der Waals surface area contributed by atoms with Crippen molar-refractivity contribution in [2.75, 3.05) is 37.9 Å². The highest BCUT2D eigenvalue weighted by molar-refractivity contribution is 6.29. The van der Waals surface area contributed by atoms with Gasteiger partial charge in [-0.2, -0.15) is 0 Å². The number of ether oxygens (including phenoxy) is 1. The zero-order chi connectivity index (χ0) is 22.0. The molecule has 0 bridgehead atoms. The Hall–Kier alpha value is -3.37. The number of anilines is 2. The van der Waals surface area contributed by atoms with Crippen LogP contribution >= 0.6 is 11.6 Å². The summed E-state index contributed by atoms with van der Waals surface area (Å²) in [6, 6.07) is 7.46. The van der Waals surface area contributed by atoms with Crippen LogP contribution in [0.25, 0.3) is 10.9 Å². The number of benzene rings is 1. The van der Waals surface area contributed by atoms with Gasteiger partial charge in [0.1, 0.15) is 18.2 Å². The van der Waals surface area contributed by atoms with Crippen LogP contribution in [0.2, 0.25) is 5.22 Å². The molecule has 0 spiro atoms. The fourth-order valence-corrected chi connectivity index (χ4v) is 3.70. The molecule has 1 aliphatic rings. The molecule has 4 rings (SSSR count). The molecule has 0 radical (unpaired) electrons. The number of nitrogens with two attached hydrogens (primary N) is 1. The largest absolute Gasteiger partial charge is 0.429 e. The molecule has 162 valence electrons. The highest BCUT2D eigenvalue weighted by Gasteiger charge is 2.37. The second-order valence-electron chi connectivity index (χ2n) is 7.07. The third kappa shape index (κ3) is 4.39. The molecule has 3 amide bonds. The lowest BCUT2D eigenvalue weighted by Crippen LogP contribution is -2.60. The molecule has 11 heteroatoms. The van der Waals surface area contributed by atoms with Crippen molar-refractivity contribution >= 4 is 46.1 Å². The number of nitrogen functional groups attached to an aromatic ring is 1. The Bertz CT molecular complexity index is 1120. The number of furan rings is 1. The number of hydrogen-bond acceptors (Lipinski definition) is 7. The van der Waals surface area contributed by atoms with E-state index >= 15 is 0 Å². The number of aromatic nitrogens is 2. The average molecular weight is 445 g/mol. The molecule has 3 aromatic rings. The number of amides is 3. The summed E-state index contributed by atoms with van der Waals surface area (Å²) in [5.74, 6) is 0.409. The molecule has 1 saturated heterocycles. The van der Waals surface area contributed by atoms with Crippen LogP contribution in [0.5, 0.6) is 0 Å². The van der Waals surface area contributed by atoms with Crippen LogP contribution in [0, 0.1) is 0 Å². The lowest BCUT2D eigenvalue weighted by molar-refractivity contribution is -0.142. The lowest BCUT2D eigenvalue weighted by atomic mass is 10.1. The topological polar surface area (TPSA) is 127 Å². The van der Waals surface area contributed by atoms with Crippen LogP contribution in [0.1, 0.15) is 5.56 Å². The molecular formula is C20H21ClN6O4. The maximum atomic E-state index is 13.1. The quantitative estimate of drug-likeness (QED) is 0.618. The fraction of sp³-hybridized carbons (Fsp3) is 0.300. The Morgan fingerprint density at radius 2 is 2.16 bits per heavy atom. The average Bonchev–Trinajstić information content (AvgIpc) is 3.15. The summed E-state index contributed by atoms with van der Waals surface area (Å²) < 4.78 is 10.4. The van der Waals surface area contributed by atoms with Gasteiger partial charge in [-0.15, -0.1) is 0 Å². The molecule has 0 aliphatic carbocycles. The van der Waals surface area contributed by atoms with Crippen molar-refractivity contribution in [2.24, 2.45) is 0 Å². The van der Waals surface area contributed by atoms with E-state index in [1.54, 1.807) is 11.0 Å². The summed E-state index contributed by atoms with van der Waals surface area (Å²) >= 11 is 5.75. The Labute approximate surface area is 182 Å². The number of piperazine rings is 1. The number of carbonyl (C=O) groups is 2. The first-order valence-electron chi connectivity index (χ1n) is 9.56. The summed E-state index contributed by atoms with van der Waals surface area (Å²) in [6.45, 7) is 1.16. The summed E-state index contributed by atoms with van der Waals surface area (Å²) in [6.07, 6.45) is 1.41. The van der Waals surface area contributed by atoms with Crippen LogP contribution in [0.4, 0.5) is 16.5 Å². The Balaban J connectivity index is 1.49. The Morgan fingerprint density at radius 3 is 2.90 bits per heavy atom. The van der Waals surface area contributed by atoms with Crippen molar-refractivity contribution in [2.45, 2.75) is 12.6 Å². The normalized spacial score (nSPS) is 16.7. The number of methoxy groups -OCH3 is 1. The fourth-order valence-electron chi connectivity index (χ4n) is 3.56. The molecule has 10 nitrogen and oxygen atoms in total. The molecular weight excluding hydrogens is 424 g/mol. The smallest absolute Gasteiger partial charge is 0.325 e. The van der Waals surface area contributed by atoms with Gasteiger partial charge in [-0.3, -0.25) is 10.1 Å². The highest BCUT2D eigenvalue weighted by atomic mass is 35.5. The predicted molar refractivity (Wildman–Crippen MR) is 114 cm³/mol. The number of nitrogens with one attached hydrogen (secondary N) is 1. The molecule has 0 saturated carbocycles. The number of carbonyl (C=O) groups excluding carboxylic acids is 2. The monoisotopic (exact) mass is 444 g/mol. The van der Waals surface area contributed by atoms with Crippen LogP contribution < -0.4 is 11.1 Å². The van der Waals surface area contributed by atoms with Crippen molar-refractivity contribution in [3.63, 3.8) is 0 Å². The van der Waals surface area contributed by atoms with Gasteiger partial charge < -0.3 is 24.7 Å². The zero-order valence-corrected chi connectivity index (χ0v) is 17.5. The lowest BCUT2D eigenvalue weighted by Gasteiger charge is -2.40. The van der Waals surface area contributed by atoms with Crippen LogP contribution in [-0.2, 0) is 16.1 Å². The van der Waals surface area contributed by atoms with Gasteiger partial charge in [0.25, 0.3) is 0 Å². The molecule has 1 atom stereocenters. The third-order valence-electron chi connectivity index (χ3n) is 5.08.